The molecule has 1 aromatic rings. The van der Waals surface area contributed by atoms with Gasteiger partial charge in [-0.1, -0.05) is 20.8 Å². The van der Waals surface area contributed by atoms with Crippen molar-refractivity contribution in [2.24, 2.45) is 10.9 Å². The van der Waals surface area contributed by atoms with Gasteiger partial charge < -0.3 is 10.6 Å². The molecule has 1 aromatic heterocycles. The minimum absolute atomic E-state index is 0.416. The molecule has 1 rings (SSSR count). The van der Waals surface area contributed by atoms with E-state index < -0.39 is 0 Å². The van der Waals surface area contributed by atoms with Crippen LogP contribution in [0.25, 0.3) is 0 Å². The van der Waals surface area contributed by atoms with Crippen molar-refractivity contribution in [1.82, 2.24) is 15.6 Å². The van der Waals surface area contributed by atoms with E-state index in [0.717, 1.165) is 31.9 Å². The van der Waals surface area contributed by atoms with Crippen LogP contribution in [0.2, 0.25) is 0 Å². The molecule has 2 N–H and O–H groups in total. The summed E-state index contributed by atoms with van der Waals surface area (Å²) in [5, 5.41) is 7.91. The lowest BCUT2D eigenvalue weighted by Crippen LogP contribution is -2.44. The van der Waals surface area contributed by atoms with Crippen molar-refractivity contribution in [1.29, 1.82) is 0 Å². The highest BCUT2D eigenvalue weighted by Crippen LogP contribution is 2.13. The van der Waals surface area contributed by atoms with Gasteiger partial charge in [0.05, 0.1) is 5.01 Å². The molecule has 1 atom stereocenters. The van der Waals surface area contributed by atoms with Crippen LogP contribution in [0.3, 0.4) is 0 Å². The molecule has 4 nitrogen and oxygen atoms in total. The van der Waals surface area contributed by atoms with E-state index in [1.807, 2.05) is 6.20 Å². The van der Waals surface area contributed by atoms with Gasteiger partial charge >= 0.3 is 0 Å². The fourth-order valence-corrected chi connectivity index (χ4v) is 2.44. The van der Waals surface area contributed by atoms with Crippen molar-refractivity contribution < 1.29 is 0 Å². The quantitative estimate of drug-likeness (QED) is 0.601. The molecule has 0 aromatic carbocycles. The SMILES string of the molecule is CCNC(=NCCc1ncc(CC)s1)NC(C)C(C)C. The van der Waals surface area contributed by atoms with Gasteiger partial charge in [-0.2, -0.15) is 0 Å². The third-order valence-electron chi connectivity index (χ3n) is 3.25. The zero-order chi connectivity index (χ0) is 15.0. The van der Waals surface area contributed by atoms with Crippen LogP contribution in [-0.4, -0.2) is 30.1 Å². The van der Waals surface area contributed by atoms with E-state index >= 15 is 0 Å². The molecule has 0 aliphatic heterocycles. The molecule has 5 heteroatoms. The summed E-state index contributed by atoms with van der Waals surface area (Å²) in [5.74, 6) is 1.49. The van der Waals surface area contributed by atoms with Crippen LogP contribution in [0.1, 0.15) is 44.5 Å². The first-order valence-corrected chi connectivity index (χ1v) is 8.36. The third-order valence-corrected chi connectivity index (χ3v) is 4.46. The van der Waals surface area contributed by atoms with Gasteiger partial charge in [-0.3, -0.25) is 4.99 Å². The molecule has 0 amide bonds. The molecule has 0 spiro atoms. The second-order valence-electron chi connectivity index (χ2n) is 5.26. The van der Waals surface area contributed by atoms with Crippen molar-refractivity contribution in [2.45, 2.75) is 53.5 Å². The maximum atomic E-state index is 4.63. The lowest BCUT2D eigenvalue weighted by atomic mass is 10.1. The Morgan fingerprint density at radius 2 is 2.10 bits per heavy atom. The molecule has 114 valence electrons. The van der Waals surface area contributed by atoms with Crippen molar-refractivity contribution in [3.8, 4) is 0 Å². The monoisotopic (exact) mass is 296 g/mol. The fourth-order valence-electron chi connectivity index (χ4n) is 1.59. The topological polar surface area (TPSA) is 49.3 Å². The van der Waals surface area contributed by atoms with Crippen LogP contribution in [0.4, 0.5) is 0 Å². The highest BCUT2D eigenvalue weighted by atomic mass is 32.1. The van der Waals surface area contributed by atoms with Crippen LogP contribution in [-0.2, 0) is 12.8 Å². The Labute approximate surface area is 127 Å². The van der Waals surface area contributed by atoms with Gasteiger partial charge in [-0.15, -0.1) is 11.3 Å². The van der Waals surface area contributed by atoms with Gasteiger partial charge in [0, 0.05) is 36.6 Å². The fraction of sp³-hybridized carbons (Fsp3) is 0.733. The zero-order valence-electron chi connectivity index (χ0n) is 13.4. The summed E-state index contributed by atoms with van der Waals surface area (Å²) < 4.78 is 0. The van der Waals surface area contributed by atoms with Crippen molar-refractivity contribution in [2.75, 3.05) is 13.1 Å². The molecule has 0 bridgehead atoms. The summed E-state index contributed by atoms with van der Waals surface area (Å²) in [6.07, 6.45) is 3.96. The lowest BCUT2D eigenvalue weighted by Gasteiger charge is -2.20. The van der Waals surface area contributed by atoms with Crippen molar-refractivity contribution in [3.05, 3.63) is 16.1 Å². The van der Waals surface area contributed by atoms with Gasteiger partial charge in [-0.05, 0) is 26.2 Å². The summed E-state index contributed by atoms with van der Waals surface area (Å²) in [4.78, 5) is 10.4. The largest absolute Gasteiger partial charge is 0.357 e. The average molecular weight is 296 g/mol. The molecule has 0 saturated carbocycles. The van der Waals surface area contributed by atoms with Crippen LogP contribution >= 0.6 is 11.3 Å². The van der Waals surface area contributed by atoms with E-state index in [9.17, 15) is 0 Å². The van der Waals surface area contributed by atoms with E-state index in [2.05, 4.69) is 55.2 Å². The van der Waals surface area contributed by atoms with Crippen LogP contribution in [0.15, 0.2) is 11.2 Å². The van der Waals surface area contributed by atoms with E-state index in [0.29, 0.717) is 12.0 Å². The first-order valence-electron chi connectivity index (χ1n) is 7.55. The number of hydrogen-bond donors (Lipinski definition) is 2. The van der Waals surface area contributed by atoms with E-state index in [1.165, 1.54) is 9.88 Å². The second kappa shape index (κ2) is 8.95. The van der Waals surface area contributed by atoms with Crippen LogP contribution < -0.4 is 10.6 Å². The summed E-state index contributed by atoms with van der Waals surface area (Å²) in [7, 11) is 0. The summed E-state index contributed by atoms with van der Waals surface area (Å²) >= 11 is 1.80. The lowest BCUT2D eigenvalue weighted by molar-refractivity contribution is 0.481. The normalized spacial score (nSPS) is 13.6. The van der Waals surface area contributed by atoms with Gasteiger partial charge in [0.1, 0.15) is 0 Å². The zero-order valence-corrected chi connectivity index (χ0v) is 14.2. The van der Waals surface area contributed by atoms with Crippen LogP contribution in [0, 0.1) is 5.92 Å². The number of rotatable bonds is 7. The number of nitrogens with zero attached hydrogens (tertiary/aromatic N) is 2. The number of aliphatic imine (C=N–C) groups is 1. The number of nitrogens with one attached hydrogen (secondary N) is 2. The Kier molecular flexibility index (Phi) is 7.59. The summed E-state index contributed by atoms with van der Waals surface area (Å²) in [6, 6.07) is 0.416. The number of aryl methyl sites for hydroxylation is 1. The van der Waals surface area contributed by atoms with Gasteiger partial charge in [-0.25, -0.2) is 4.98 Å². The average Bonchev–Trinajstić information content (AvgIpc) is 2.86. The smallest absolute Gasteiger partial charge is 0.191 e. The van der Waals surface area contributed by atoms with Crippen molar-refractivity contribution >= 4 is 17.3 Å². The molecular formula is C15H28N4S. The molecule has 0 aliphatic carbocycles. The molecule has 20 heavy (non-hydrogen) atoms. The van der Waals surface area contributed by atoms with Gasteiger partial charge in [0.15, 0.2) is 5.96 Å². The maximum absolute atomic E-state index is 4.63. The minimum atomic E-state index is 0.416. The Morgan fingerprint density at radius 3 is 2.65 bits per heavy atom. The number of hydrogen-bond acceptors (Lipinski definition) is 3. The molecular weight excluding hydrogens is 268 g/mol. The number of thiazole rings is 1. The highest BCUT2D eigenvalue weighted by Gasteiger charge is 2.08. The highest BCUT2D eigenvalue weighted by molar-refractivity contribution is 7.11. The summed E-state index contributed by atoms with van der Waals surface area (Å²) in [5.41, 5.74) is 0. The first kappa shape index (κ1) is 17.0. The Morgan fingerprint density at radius 1 is 1.35 bits per heavy atom. The maximum Gasteiger partial charge on any atom is 0.191 e. The predicted octanol–water partition coefficient (Wildman–Crippen LogP) is 2.85. The number of aromatic nitrogens is 1. The second-order valence-corrected chi connectivity index (χ2v) is 6.46. The molecule has 0 fully saturated rings. The Bertz CT molecular complexity index is 412. The minimum Gasteiger partial charge on any atom is -0.357 e. The molecule has 1 heterocycles. The standard InChI is InChI=1S/C15H28N4S/c1-6-13-10-18-14(20-13)8-9-17-15(16-7-2)19-12(5)11(3)4/h10-12H,6-9H2,1-5H3,(H2,16,17,19). The number of guanidine groups is 1. The Hall–Kier alpha value is -1.10. The van der Waals surface area contributed by atoms with Gasteiger partial charge in [0.25, 0.3) is 0 Å². The molecule has 0 radical (unpaired) electrons. The third kappa shape index (κ3) is 5.90. The molecule has 0 aliphatic rings. The predicted molar refractivity (Wildman–Crippen MR) is 88.6 cm³/mol. The molecule has 1 unspecified atom stereocenters. The Balaban J connectivity index is 2.49. The van der Waals surface area contributed by atoms with E-state index in [1.54, 1.807) is 11.3 Å². The van der Waals surface area contributed by atoms with E-state index in [4.69, 9.17) is 0 Å². The van der Waals surface area contributed by atoms with E-state index in [-0.39, 0.29) is 0 Å². The molecule has 0 saturated heterocycles. The van der Waals surface area contributed by atoms with Crippen LogP contribution in [0.5, 0.6) is 0 Å². The summed E-state index contributed by atoms with van der Waals surface area (Å²) in [6.45, 7) is 12.5. The first-order chi connectivity index (χ1) is 9.56. The van der Waals surface area contributed by atoms with Crippen molar-refractivity contribution in [3.63, 3.8) is 0 Å². The van der Waals surface area contributed by atoms with Gasteiger partial charge in [0.2, 0.25) is 0 Å².